The molecule has 0 aliphatic heterocycles. The molecule has 0 N–H and O–H groups in total. The molecule has 1 heterocycles. The van der Waals surface area contributed by atoms with E-state index in [0.717, 1.165) is 16.7 Å². The second-order valence-corrected chi connectivity index (χ2v) is 7.26. The third-order valence-electron chi connectivity index (χ3n) is 4.20. The van der Waals surface area contributed by atoms with Gasteiger partial charge in [0.1, 0.15) is 16.4 Å². The minimum atomic E-state index is -0.242. The summed E-state index contributed by atoms with van der Waals surface area (Å²) in [4.78, 5) is 4.04. The molecule has 0 unspecified atom stereocenters. The van der Waals surface area contributed by atoms with Crippen molar-refractivity contribution in [1.29, 1.82) is 0 Å². The number of hydrogen-bond donors (Lipinski definition) is 0. The molecule has 3 aromatic rings. The van der Waals surface area contributed by atoms with Crippen LogP contribution in [0.25, 0.3) is 0 Å². The van der Waals surface area contributed by atoms with Gasteiger partial charge in [-0.15, -0.1) is 0 Å². The van der Waals surface area contributed by atoms with E-state index in [4.69, 9.17) is 37.4 Å². The molecule has 2 aromatic carbocycles. The van der Waals surface area contributed by atoms with E-state index in [1.165, 1.54) is 0 Å². The van der Waals surface area contributed by atoms with Crippen molar-refractivity contribution < 1.29 is 14.2 Å². The SMILES string of the molecule is Clc1ccc(COC(COCc2ccccc2)COCc2ccccc2)c(Cl)n1. The summed E-state index contributed by atoms with van der Waals surface area (Å²) in [5.74, 6) is 0. The van der Waals surface area contributed by atoms with E-state index >= 15 is 0 Å². The predicted molar refractivity (Wildman–Crippen MR) is 115 cm³/mol. The van der Waals surface area contributed by atoms with Crippen LogP contribution in [-0.2, 0) is 34.0 Å². The molecule has 0 bridgehead atoms. The number of hydrogen-bond acceptors (Lipinski definition) is 4. The van der Waals surface area contributed by atoms with Gasteiger partial charge in [-0.3, -0.25) is 0 Å². The van der Waals surface area contributed by atoms with Crippen LogP contribution in [0, 0.1) is 0 Å². The number of benzene rings is 2. The first-order valence-electron chi connectivity index (χ1n) is 9.36. The van der Waals surface area contributed by atoms with Crippen LogP contribution in [0.2, 0.25) is 10.3 Å². The molecule has 0 amide bonds. The lowest BCUT2D eigenvalue weighted by atomic mass is 10.2. The molecule has 0 saturated heterocycles. The van der Waals surface area contributed by atoms with Crippen molar-refractivity contribution in [3.05, 3.63) is 99.8 Å². The molecule has 0 radical (unpaired) electrons. The van der Waals surface area contributed by atoms with Crippen LogP contribution in [0.1, 0.15) is 16.7 Å². The summed E-state index contributed by atoms with van der Waals surface area (Å²) in [6.45, 7) is 2.15. The summed E-state index contributed by atoms with van der Waals surface area (Å²) in [6, 6.07) is 23.5. The van der Waals surface area contributed by atoms with E-state index in [1.54, 1.807) is 6.07 Å². The highest BCUT2D eigenvalue weighted by molar-refractivity contribution is 6.32. The lowest BCUT2D eigenvalue weighted by Gasteiger charge is -2.19. The van der Waals surface area contributed by atoms with Crippen LogP contribution in [0.4, 0.5) is 0 Å². The van der Waals surface area contributed by atoms with Crippen molar-refractivity contribution in [3.63, 3.8) is 0 Å². The summed E-state index contributed by atoms with van der Waals surface area (Å²) in [5.41, 5.74) is 3.00. The number of halogens is 2. The van der Waals surface area contributed by atoms with Crippen LogP contribution >= 0.6 is 23.2 Å². The number of ether oxygens (including phenoxy) is 3. The van der Waals surface area contributed by atoms with E-state index < -0.39 is 0 Å². The molecule has 0 atom stereocenters. The summed E-state index contributed by atoms with van der Waals surface area (Å²) in [7, 11) is 0. The van der Waals surface area contributed by atoms with Crippen LogP contribution in [0.3, 0.4) is 0 Å². The van der Waals surface area contributed by atoms with Crippen molar-refractivity contribution >= 4 is 23.2 Å². The Kier molecular flexibility index (Phi) is 8.93. The average Bonchev–Trinajstić information content (AvgIpc) is 2.74. The first kappa shape index (κ1) is 21.8. The monoisotopic (exact) mass is 431 g/mol. The molecule has 1 aromatic heterocycles. The smallest absolute Gasteiger partial charge is 0.136 e. The van der Waals surface area contributed by atoms with Crippen LogP contribution in [0.15, 0.2) is 72.8 Å². The lowest BCUT2D eigenvalue weighted by molar-refractivity contribution is -0.0730. The summed E-state index contributed by atoms with van der Waals surface area (Å²) in [5, 5.41) is 0.694. The van der Waals surface area contributed by atoms with E-state index in [9.17, 15) is 0 Å². The van der Waals surface area contributed by atoms with Gasteiger partial charge in [-0.05, 0) is 17.2 Å². The predicted octanol–water partition coefficient (Wildman–Crippen LogP) is 5.71. The van der Waals surface area contributed by atoms with Gasteiger partial charge >= 0.3 is 0 Å². The molecule has 0 aliphatic rings. The van der Waals surface area contributed by atoms with Crippen LogP contribution in [0.5, 0.6) is 0 Å². The zero-order valence-electron chi connectivity index (χ0n) is 16.0. The number of pyridine rings is 1. The maximum atomic E-state index is 6.14. The summed E-state index contributed by atoms with van der Waals surface area (Å²) in [6.07, 6.45) is -0.242. The zero-order chi connectivity index (χ0) is 20.3. The molecule has 0 aliphatic carbocycles. The van der Waals surface area contributed by atoms with Gasteiger partial charge in [-0.25, -0.2) is 4.98 Å². The van der Waals surface area contributed by atoms with Gasteiger partial charge in [0.15, 0.2) is 0 Å². The fourth-order valence-electron chi connectivity index (χ4n) is 2.67. The molecular formula is C23H23Cl2NO3. The normalized spacial score (nSPS) is 11.1. The maximum Gasteiger partial charge on any atom is 0.136 e. The third kappa shape index (κ3) is 7.77. The van der Waals surface area contributed by atoms with E-state index in [1.807, 2.05) is 66.7 Å². The Morgan fingerprint density at radius 1 is 0.690 bits per heavy atom. The Morgan fingerprint density at radius 3 is 1.76 bits per heavy atom. The molecule has 29 heavy (non-hydrogen) atoms. The van der Waals surface area contributed by atoms with Crippen LogP contribution < -0.4 is 0 Å². The van der Waals surface area contributed by atoms with Gasteiger partial charge < -0.3 is 14.2 Å². The molecule has 152 valence electrons. The van der Waals surface area contributed by atoms with Gasteiger partial charge in [0.05, 0.1) is 33.0 Å². The molecule has 0 saturated carbocycles. The zero-order valence-corrected chi connectivity index (χ0v) is 17.5. The Labute approximate surface area is 181 Å². The minimum absolute atomic E-state index is 0.242. The van der Waals surface area contributed by atoms with Crippen molar-refractivity contribution in [3.8, 4) is 0 Å². The highest BCUT2D eigenvalue weighted by Gasteiger charge is 2.13. The topological polar surface area (TPSA) is 40.6 Å². The molecular weight excluding hydrogens is 409 g/mol. The van der Waals surface area contributed by atoms with Gasteiger partial charge in [0.2, 0.25) is 0 Å². The second kappa shape index (κ2) is 11.9. The highest BCUT2D eigenvalue weighted by atomic mass is 35.5. The fraction of sp³-hybridized carbons (Fsp3) is 0.261. The van der Waals surface area contributed by atoms with E-state index in [0.29, 0.717) is 43.3 Å². The highest BCUT2D eigenvalue weighted by Crippen LogP contribution is 2.18. The first-order valence-corrected chi connectivity index (χ1v) is 10.1. The standard InChI is InChI=1S/C23H23Cl2NO3/c24-22-12-11-20(23(25)26-22)15-29-21(16-27-13-18-7-3-1-4-8-18)17-28-14-19-9-5-2-6-10-19/h1-12,21H,13-17H2. The molecule has 0 fully saturated rings. The van der Waals surface area contributed by atoms with Crippen molar-refractivity contribution in [1.82, 2.24) is 4.98 Å². The lowest BCUT2D eigenvalue weighted by Crippen LogP contribution is -2.25. The van der Waals surface area contributed by atoms with Crippen molar-refractivity contribution in [2.24, 2.45) is 0 Å². The fourth-order valence-corrected chi connectivity index (χ4v) is 3.06. The van der Waals surface area contributed by atoms with Gasteiger partial charge in [0.25, 0.3) is 0 Å². The largest absolute Gasteiger partial charge is 0.374 e. The summed E-state index contributed by atoms with van der Waals surface area (Å²) < 4.78 is 17.7. The van der Waals surface area contributed by atoms with Gasteiger partial charge in [-0.2, -0.15) is 0 Å². The molecule has 0 spiro atoms. The number of aromatic nitrogens is 1. The van der Waals surface area contributed by atoms with E-state index in [2.05, 4.69) is 4.98 Å². The third-order valence-corrected chi connectivity index (χ3v) is 4.73. The summed E-state index contributed by atoms with van der Waals surface area (Å²) >= 11 is 12.0. The Balaban J connectivity index is 1.52. The van der Waals surface area contributed by atoms with Crippen LogP contribution in [-0.4, -0.2) is 24.3 Å². The first-order chi connectivity index (χ1) is 14.2. The number of nitrogens with zero attached hydrogens (tertiary/aromatic N) is 1. The quantitative estimate of drug-likeness (QED) is 0.364. The average molecular weight is 432 g/mol. The second-order valence-electron chi connectivity index (χ2n) is 6.52. The van der Waals surface area contributed by atoms with Crippen molar-refractivity contribution in [2.75, 3.05) is 13.2 Å². The Hall–Kier alpha value is -1.95. The van der Waals surface area contributed by atoms with Crippen molar-refractivity contribution in [2.45, 2.75) is 25.9 Å². The molecule has 6 heteroatoms. The Morgan fingerprint density at radius 2 is 1.24 bits per heavy atom. The minimum Gasteiger partial charge on any atom is -0.374 e. The number of rotatable bonds is 11. The maximum absolute atomic E-state index is 6.14. The van der Waals surface area contributed by atoms with E-state index in [-0.39, 0.29) is 6.10 Å². The molecule has 3 rings (SSSR count). The van der Waals surface area contributed by atoms with Gasteiger partial charge in [-0.1, -0.05) is 89.9 Å². The molecule has 4 nitrogen and oxygen atoms in total. The van der Waals surface area contributed by atoms with Gasteiger partial charge in [0, 0.05) is 5.56 Å². The Bertz CT molecular complexity index is 817.